The molecule has 2 amide bonds. The first-order chi connectivity index (χ1) is 13.4. The van der Waals surface area contributed by atoms with Gasteiger partial charge in [-0.25, -0.2) is 4.79 Å². The second kappa shape index (κ2) is 8.87. The number of piperazine rings is 1. The molecule has 0 spiro atoms. The molecule has 2 aromatic rings. The number of rotatable bonds is 4. The number of anilines is 2. The number of nitrogens with zero attached hydrogens (tertiary/aromatic N) is 2. The van der Waals surface area contributed by atoms with Gasteiger partial charge in [-0.2, -0.15) is 0 Å². The smallest absolute Gasteiger partial charge is 0.321 e. The molecule has 0 aliphatic carbocycles. The lowest BCUT2D eigenvalue weighted by Gasteiger charge is -2.36. The van der Waals surface area contributed by atoms with Gasteiger partial charge in [0.1, 0.15) is 0 Å². The van der Waals surface area contributed by atoms with Crippen LogP contribution in [0.25, 0.3) is 0 Å². The zero-order chi connectivity index (χ0) is 20.3. The van der Waals surface area contributed by atoms with Crippen LogP contribution < -0.4 is 10.2 Å². The highest BCUT2D eigenvalue weighted by atomic mass is 35.5. The van der Waals surface area contributed by atoms with Crippen LogP contribution in [0, 0.1) is 0 Å². The van der Waals surface area contributed by atoms with Gasteiger partial charge < -0.3 is 15.1 Å². The Bertz CT molecular complexity index is 800. The lowest BCUT2D eigenvalue weighted by Crippen LogP contribution is -2.50. The third kappa shape index (κ3) is 4.61. The van der Waals surface area contributed by atoms with Crippen LogP contribution in [0.1, 0.15) is 50.7 Å². The molecule has 1 N–H and O–H groups in total. The van der Waals surface area contributed by atoms with Crippen molar-refractivity contribution >= 4 is 29.0 Å². The Morgan fingerprint density at radius 1 is 0.929 bits per heavy atom. The molecular formula is C23H30ClN3O. The Balaban J connectivity index is 1.70. The van der Waals surface area contributed by atoms with Gasteiger partial charge in [0, 0.05) is 42.6 Å². The molecule has 5 heteroatoms. The zero-order valence-corrected chi connectivity index (χ0v) is 18.0. The van der Waals surface area contributed by atoms with E-state index in [2.05, 4.69) is 62.2 Å². The number of urea groups is 1. The highest BCUT2D eigenvalue weighted by Gasteiger charge is 2.23. The van der Waals surface area contributed by atoms with Gasteiger partial charge in [-0.15, -0.1) is 0 Å². The Hall–Kier alpha value is -2.20. The van der Waals surface area contributed by atoms with Crippen LogP contribution in [0.5, 0.6) is 0 Å². The van der Waals surface area contributed by atoms with Gasteiger partial charge in [-0.05, 0) is 41.2 Å². The summed E-state index contributed by atoms with van der Waals surface area (Å²) in [5, 5.41) is 3.96. The Kier molecular flexibility index (Phi) is 6.50. The number of hydrogen-bond donors (Lipinski definition) is 1. The van der Waals surface area contributed by atoms with Crippen molar-refractivity contribution in [3.63, 3.8) is 0 Å². The van der Waals surface area contributed by atoms with Crippen LogP contribution in [0.2, 0.25) is 5.02 Å². The normalized spacial score (nSPS) is 14.7. The molecule has 0 aromatic heterocycles. The van der Waals surface area contributed by atoms with Crippen molar-refractivity contribution < 1.29 is 4.79 Å². The molecule has 3 rings (SSSR count). The van der Waals surface area contributed by atoms with E-state index < -0.39 is 0 Å². The maximum absolute atomic E-state index is 13.0. The number of benzene rings is 2. The van der Waals surface area contributed by atoms with Crippen molar-refractivity contribution in [2.75, 3.05) is 36.4 Å². The van der Waals surface area contributed by atoms with E-state index in [1.54, 1.807) is 0 Å². The fourth-order valence-electron chi connectivity index (χ4n) is 3.72. The highest BCUT2D eigenvalue weighted by molar-refractivity contribution is 6.30. The highest BCUT2D eigenvalue weighted by Crippen LogP contribution is 2.32. The molecule has 1 aliphatic rings. The van der Waals surface area contributed by atoms with Crippen molar-refractivity contribution in [3.8, 4) is 0 Å². The third-order valence-electron chi connectivity index (χ3n) is 5.35. The number of halogens is 1. The number of hydrogen-bond acceptors (Lipinski definition) is 2. The third-order valence-corrected chi connectivity index (χ3v) is 5.58. The maximum Gasteiger partial charge on any atom is 0.321 e. The topological polar surface area (TPSA) is 35.6 Å². The molecule has 28 heavy (non-hydrogen) atoms. The van der Waals surface area contributed by atoms with Gasteiger partial charge in [-0.1, -0.05) is 63.6 Å². The van der Waals surface area contributed by atoms with Gasteiger partial charge in [0.2, 0.25) is 0 Å². The predicted molar refractivity (Wildman–Crippen MR) is 119 cm³/mol. The summed E-state index contributed by atoms with van der Waals surface area (Å²) in [7, 11) is 0. The molecule has 0 saturated carbocycles. The summed E-state index contributed by atoms with van der Waals surface area (Å²) in [4.78, 5) is 17.2. The molecular weight excluding hydrogens is 370 g/mol. The number of nitrogens with one attached hydrogen (secondary N) is 1. The minimum Gasteiger partial charge on any atom is -0.368 e. The van der Waals surface area contributed by atoms with E-state index in [0.717, 1.165) is 29.5 Å². The summed E-state index contributed by atoms with van der Waals surface area (Å²) < 4.78 is 0. The molecule has 0 unspecified atom stereocenters. The number of carbonyl (C=O) groups excluding carboxylic acids is 1. The van der Waals surface area contributed by atoms with Gasteiger partial charge in [0.15, 0.2) is 0 Å². The van der Waals surface area contributed by atoms with E-state index in [-0.39, 0.29) is 6.03 Å². The second-order valence-electron chi connectivity index (χ2n) is 8.00. The molecule has 1 aliphatic heterocycles. The van der Waals surface area contributed by atoms with Gasteiger partial charge in [-0.3, -0.25) is 0 Å². The van der Waals surface area contributed by atoms with E-state index in [9.17, 15) is 4.79 Å². The Labute approximate surface area is 173 Å². The van der Waals surface area contributed by atoms with E-state index in [4.69, 9.17) is 11.6 Å². The fourth-order valence-corrected chi connectivity index (χ4v) is 3.91. The average molecular weight is 400 g/mol. The van der Waals surface area contributed by atoms with Crippen LogP contribution in [0.4, 0.5) is 16.2 Å². The standard InChI is InChI=1S/C23H30ClN3O/c1-16(2)20-9-6-10-21(17(3)4)22(20)25-23(28)27-13-11-26(12-14-27)19-8-5-7-18(24)15-19/h5-10,15-17H,11-14H2,1-4H3,(H,25,28). The van der Waals surface area contributed by atoms with Crippen LogP contribution >= 0.6 is 11.6 Å². The monoisotopic (exact) mass is 399 g/mol. The van der Waals surface area contributed by atoms with E-state index in [1.807, 2.05) is 23.1 Å². The molecule has 1 heterocycles. The summed E-state index contributed by atoms with van der Waals surface area (Å²) in [6.45, 7) is 11.7. The van der Waals surface area contributed by atoms with Crippen molar-refractivity contribution in [1.29, 1.82) is 0 Å². The average Bonchev–Trinajstić information content (AvgIpc) is 2.68. The van der Waals surface area contributed by atoms with Gasteiger partial charge >= 0.3 is 6.03 Å². The Morgan fingerprint density at radius 2 is 1.50 bits per heavy atom. The minimum atomic E-state index is -0.0132. The van der Waals surface area contributed by atoms with E-state index in [1.165, 1.54) is 11.1 Å². The fraction of sp³-hybridized carbons (Fsp3) is 0.435. The largest absolute Gasteiger partial charge is 0.368 e. The van der Waals surface area contributed by atoms with Crippen LogP contribution in [0.15, 0.2) is 42.5 Å². The first-order valence-corrected chi connectivity index (χ1v) is 10.4. The zero-order valence-electron chi connectivity index (χ0n) is 17.2. The molecule has 1 saturated heterocycles. The molecule has 0 atom stereocenters. The quantitative estimate of drug-likeness (QED) is 0.690. The summed E-state index contributed by atoms with van der Waals surface area (Å²) >= 11 is 6.11. The molecule has 0 bridgehead atoms. The Morgan fingerprint density at radius 3 is 2.04 bits per heavy atom. The minimum absolute atomic E-state index is 0.0132. The number of carbonyl (C=O) groups is 1. The molecule has 2 aromatic carbocycles. The van der Waals surface area contributed by atoms with Gasteiger partial charge in [0.05, 0.1) is 0 Å². The molecule has 150 valence electrons. The summed E-state index contributed by atoms with van der Waals surface area (Å²) in [5.41, 5.74) is 4.48. The van der Waals surface area contributed by atoms with Crippen molar-refractivity contribution in [3.05, 3.63) is 58.6 Å². The lowest BCUT2D eigenvalue weighted by molar-refractivity contribution is 0.208. The van der Waals surface area contributed by atoms with E-state index in [0.29, 0.717) is 24.9 Å². The van der Waals surface area contributed by atoms with Crippen LogP contribution in [-0.4, -0.2) is 37.1 Å². The lowest BCUT2D eigenvalue weighted by atomic mass is 9.93. The van der Waals surface area contributed by atoms with Crippen molar-refractivity contribution in [2.45, 2.75) is 39.5 Å². The first-order valence-electron chi connectivity index (χ1n) is 10.1. The maximum atomic E-state index is 13.0. The number of para-hydroxylation sites is 1. The van der Waals surface area contributed by atoms with E-state index >= 15 is 0 Å². The number of amides is 2. The molecule has 4 nitrogen and oxygen atoms in total. The molecule has 0 radical (unpaired) electrons. The molecule has 1 fully saturated rings. The predicted octanol–water partition coefficient (Wildman–Crippen LogP) is 5.94. The first kappa shape index (κ1) is 20.5. The summed E-state index contributed by atoms with van der Waals surface area (Å²) in [5.74, 6) is 0.711. The summed E-state index contributed by atoms with van der Waals surface area (Å²) in [6, 6.07) is 14.2. The van der Waals surface area contributed by atoms with Crippen LogP contribution in [0.3, 0.4) is 0 Å². The SMILES string of the molecule is CC(C)c1cccc(C(C)C)c1NC(=O)N1CCN(c2cccc(Cl)c2)CC1. The summed E-state index contributed by atoms with van der Waals surface area (Å²) in [6.07, 6.45) is 0. The second-order valence-corrected chi connectivity index (χ2v) is 8.44. The van der Waals surface area contributed by atoms with Gasteiger partial charge in [0.25, 0.3) is 0 Å². The van der Waals surface area contributed by atoms with Crippen molar-refractivity contribution in [2.24, 2.45) is 0 Å². The van der Waals surface area contributed by atoms with Crippen molar-refractivity contribution in [1.82, 2.24) is 4.90 Å². The van der Waals surface area contributed by atoms with Crippen LogP contribution in [-0.2, 0) is 0 Å².